The number of carboxylic acid groups (broad SMARTS) is 3. The summed E-state index contributed by atoms with van der Waals surface area (Å²) in [6, 6.07) is -2.43. The van der Waals surface area contributed by atoms with Crippen molar-refractivity contribution in [3.05, 3.63) is 0 Å². The number of hydrogen-bond acceptors (Lipinski definition) is 10. The van der Waals surface area contributed by atoms with E-state index in [0.29, 0.717) is 38.6 Å². The summed E-state index contributed by atoms with van der Waals surface area (Å²) in [5.74, 6) is -2.99. The Kier molecular flexibility index (Phi) is 24.3. The van der Waals surface area contributed by atoms with E-state index in [-0.39, 0.29) is 13.0 Å². The smallest absolute Gasteiger partial charge is 0.320 e. The van der Waals surface area contributed by atoms with Crippen LogP contribution in [-0.4, -0.2) is 81.9 Å². The summed E-state index contributed by atoms with van der Waals surface area (Å²) >= 11 is 0. The molecule has 0 aliphatic rings. The van der Waals surface area contributed by atoms with Crippen LogP contribution in [0.3, 0.4) is 0 Å². The molecule has 0 radical (unpaired) electrons. The second-order valence-corrected chi connectivity index (χ2v) is 6.68. The van der Waals surface area contributed by atoms with Crippen molar-refractivity contribution in [3.8, 4) is 0 Å². The van der Waals surface area contributed by atoms with Gasteiger partial charge in [0.05, 0.1) is 6.10 Å². The monoisotopic (exact) mass is 453 g/mol. The maximum Gasteiger partial charge on any atom is 0.320 e. The van der Waals surface area contributed by atoms with Crippen molar-refractivity contribution in [2.75, 3.05) is 13.1 Å². The number of aliphatic hydroxyl groups is 1. The Hall–Kier alpha value is -2.16. The van der Waals surface area contributed by atoms with E-state index in [2.05, 4.69) is 0 Å². The van der Waals surface area contributed by atoms with Crippen LogP contribution in [0.25, 0.3) is 0 Å². The van der Waals surface area contributed by atoms with Crippen molar-refractivity contribution < 1.29 is 39.6 Å². The van der Waals surface area contributed by atoms with Crippen molar-refractivity contribution >= 4 is 24.2 Å². The zero-order valence-corrected chi connectivity index (χ0v) is 17.8. The van der Waals surface area contributed by atoms with Gasteiger partial charge in [-0.2, -0.15) is 0 Å². The summed E-state index contributed by atoms with van der Waals surface area (Å²) in [5, 5.41) is 33.8. The normalized spacial score (nSPS) is 13.9. The first-order valence-corrected chi connectivity index (χ1v) is 9.91. The van der Waals surface area contributed by atoms with Crippen LogP contribution in [0.5, 0.6) is 0 Å². The Morgan fingerprint density at radius 2 is 1.13 bits per heavy atom. The summed E-state index contributed by atoms with van der Waals surface area (Å²) in [5.41, 5.74) is 25.8. The number of hydrogen-bond donors (Lipinski definition) is 9. The average Bonchev–Trinajstić information content (AvgIpc) is 2.72. The lowest BCUT2D eigenvalue weighted by atomic mass is 10.1. The van der Waals surface area contributed by atoms with Gasteiger partial charge in [0.2, 0.25) is 0 Å². The summed E-state index contributed by atoms with van der Waals surface area (Å²) < 4.78 is 0. The quantitative estimate of drug-likeness (QED) is 0.0940. The molecule has 0 rings (SSSR count). The minimum atomic E-state index is -1.05. The fourth-order valence-electron chi connectivity index (χ4n) is 1.79. The second kappa shape index (κ2) is 22.5. The lowest BCUT2D eigenvalue weighted by Gasteiger charge is -2.09. The van der Waals surface area contributed by atoms with Crippen LogP contribution < -0.4 is 28.7 Å². The molecule has 4 atom stereocenters. The molecule has 0 aromatic rings. The number of rotatable bonds is 15. The number of nitrogens with two attached hydrogens (primary N) is 5. The molecule has 13 nitrogen and oxygen atoms in total. The first-order valence-electron chi connectivity index (χ1n) is 9.91. The van der Waals surface area contributed by atoms with Gasteiger partial charge in [-0.25, -0.2) is 0 Å². The molecule has 0 bridgehead atoms. The lowest BCUT2D eigenvalue weighted by Crippen LogP contribution is -2.32. The third kappa shape index (κ3) is 25.8. The molecular formula is C18H39N5O8. The molecule has 0 heterocycles. The highest BCUT2D eigenvalue weighted by atomic mass is 16.4. The molecule has 0 aliphatic carbocycles. The molecule has 0 fully saturated rings. The average molecular weight is 454 g/mol. The second-order valence-electron chi connectivity index (χ2n) is 6.68. The van der Waals surface area contributed by atoms with Crippen LogP contribution in [0.2, 0.25) is 0 Å². The van der Waals surface area contributed by atoms with Gasteiger partial charge in [-0.05, 0) is 45.1 Å². The number of carboxylic acids is 3. The van der Waals surface area contributed by atoms with E-state index >= 15 is 0 Å². The molecule has 31 heavy (non-hydrogen) atoms. The Balaban J connectivity index is -0.000000380. The third-order valence-electron chi connectivity index (χ3n) is 3.84. The number of aliphatic hydroxyl groups excluding tert-OH is 1. The highest BCUT2D eigenvalue weighted by molar-refractivity contribution is 5.73. The highest BCUT2D eigenvalue weighted by Crippen LogP contribution is 1.99. The van der Waals surface area contributed by atoms with Gasteiger partial charge >= 0.3 is 17.9 Å². The summed E-state index contributed by atoms with van der Waals surface area (Å²) in [7, 11) is 0. The van der Waals surface area contributed by atoms with E-state index < -0.39 is 42.1 Å². The van der Waals surface area contributed by atoms with Crippen molar-refractivity contribution in [3.63, 3.8) is 0 Å². The van der Waals surface area contributed by atoms with Gasteiger partial charge in [0.25, 0.3) is 0 Å². The van der Waals surface area contributed by atoms with Crippen molar-refractivity contribution in [2.45, 2.75) is 75.6 Å². The maximum absolute atomic E-state index is 10.2. The van der Waals surface area contributed by atoms with Crippen LogP contribution in [0.4, 0.5) is 0 Å². The molecule has 0 aliphatic heterocycles. The van der Waals surface area contributed by atoms with Gasteiger partial charge in [-0.3, -0.25) is 14.4 Å². The molecule has 13 heteroatoms. The van der Waals surface area contributed by atoms with E-state index in [4.69, 9.17) is 49.1 Å². The highest BCUT2D eigenvalue weighted by Gasteiger charge is 2.13. The number of aldehydes is 1. The Morgan fingerprint density at radius 1 is 0.710 bits per heavy atom. The maximum atomic E-state index is 10.2. The van der Waals surface area contributed by atoms with Crippen LogP contribution in [0.15, 0.2) is 0 Å². The number of aliphatic carboxylic acids is 3. The standard InChI is InChI=1S/C6H14N2O3.C6H14N2O2.C6H11NO3/c7-3-4(9)1-2-5(8)6(10)11;7-4-2-1-3-5(8)6(9)10;7-5(6(9)10)3-1-2-4-8/h4-5,9H,1-3,7-8H2,(H,10,11);5H,1-4,7-8H2,(H,9,10);4-5H,1-3,7H2,(H,9,10)/t4?,5-;2*5-/m000/s1. The first-order chi connectivity index (χ1) is 14.4. The molecule has 0 saturated heterocycles. The SMILES string of the molecule is NCC(O)CC[C@H](N)C(=O)O.NCCCC[C@H](N)C(=O)O.N[C@@H](CCCC=O)C(=O)O. The van der Waals surface area contributed by atoms with E-state index in [1.165, 1.54) is 0 Å². The number of unbranched alkanes of at least 4 members (excludes halogenated alkanes) is 2. The summed E-state index contributed by atoms with van der Waals surface area (Å²) in [6.07, 6.45) is 4.19. The molecule has 0 aromatic carbocycles. The zero-order chi connectivity index (χ0) is 24.8. The topological polar surface area (TPSA) is 279 Å². The van der Waals surface area contributed by atoms with Crippen LogP contribution >= 0.6 is 0 Å². The van der Waals surface area contributed by atoms with Crippen molar-refractivity contribution in [1.82, 2.24) is 0 Å². The Labute approximate surface area is 181 Å². The molecular weight excluding hydrogens is 414 g/mol. The Bertz CT molecular complexity index is 496. The fourth-order valence-corrected chi connectivity index (χ4v) is 1.79. The predicted octanol–water partition coefficient (Wildman–Crippen LogP) is -2.21. The fraction of sp³-hybridized carbons (Fsp3) is 0.778. The molecule has 0 amide bonds. The molecule has 1 unspecified atom stereocenters. The van der Waals surface area contributed by atoms with Crippen molar-refractivity contribution in [1.29, 1.82) is 0 Å². The van der Waals surface area contributed by atoms with Crippen LogP contribution in [0.1, 0.15) is 51.4 Å². The van der Waals surface area contributed by atoms with Gasteiger partial charge in [0, 0.05) is 13.0 Å². The van der Waals surface area contributed by atoms with Gasteiger partial charge < -0.3 is 53.9 Å². The minimum absolute atomic E-state index is 0.145. The van der Waals surface area contributed by atoms with Gasteiger partial charge in [0.15, 0.2) is 0 Å². The molecule has 184 valence electrons. The number of carbonyl (C=O) groups is 4. The Morgan fingerprint density at radius 3 is 1.48 bits per heavy atom. The van der Waals surface area contributed by atoms with Gasteiger partial charge in [-0.15, -0.1) is 0 Å². The van der Waals surface area contributed by atoms with E-state index in [0.717, 1.165) is 19.1 Å². The lowest BCUT2D eigenvalue weighted by molar-refractivity contribution is -0.139. The van der Waals surface area contributed by atoms with Gasteiger partial charge in [-0.1, -0.05) is 6.42 Å². The first kappa shape index (κ1) is 33.5. The molecule has 0 saturated carbocycles. The molecule has 14 N–H and O–H groups in total. The molecule has 0 spiro atoms. The van der Waals surface area contributed by atoms with Gasteiger partial charge in [0.1, 0.15) is 24.4 Å². The van der Waals surface area contributed by atoms with Crippen molar-refractivity contribution in [2.24, 2.45) is 28.7 Å². The third-order valence-corrected chi connectivity index (χ3v) is 3.84. The summed E-state index contributed by atoms with van der Waals surface area (Å²) in [6.45, 7) is 0.749. The van der Waals surface area contributed by atoms with Crippen LogP contribution in [0, 0.1) is 0 Å². The predicted molar refractivity (Wildman–Crippen MR) is 114 cm³/mol. The van der Waals surface area contributed by atoms with E-state index in [9.17, 15) is 19.2 Å². The zero-order valence-electron chi connectivity index (χ0n) is 17.8. The number of carbonyl (C=O) groups excluding carboxylic acids is 1. The van der Waals surface area contributed by atoms with E-state index in [1.54, 1.807) is 0 Å². The molecule has 0 aromatic heterocycles. The van der Waals surface area contributed by atoms with E-state index in [1.807, 2.05) is 0 Å². The largest absolute Gasteiger partial charge is 0.480 e. The summed E-state index contributed by atoms with van der Waals surface area (Å²) in [4.78, 5) is 40.1. The van der Waals surface area contributed by atoms with Crippen LogP contribution in [-0.2, 0) is 19.2 Å². The minimum Gasteiger partial charge on any atom is -0.480 e.